The summed E-state index contributed by atoms with van der Waals surface area (Å²) in [5.41, 5.74) is 2.59. The first-order valence-electron chi connectivity index (χ1n) is 6.69. The van der Waals surface area contributed by atoms with Crippen molar-refractivity contribution in [2.45, 2.75) is 33.7 Å². The molecule has 1 aliphatic carbocycles. The first kappa shape index (κ1) is 15.2. The Labute approximate surface area is 123 Å². The summed E-state index contributed by atoms with van der Waals surface area (Å²) in [6, 6.07) is 4.15. The van der Waals surface area contributed by atoms with Gasteiger partial charge in [-0.05, 0) is 23.0 Å². The van der Waals surface area contributed by atoms with Gasteiger partial charge in [0.2, 0.25) is 0 Å². The Morgan fingerprint density at radius 2 is 1.86 bits per heavy atom. The van der Waals surface area contributed by atoms with E-state index in [9.17, 15) is 14.9 Å². The number of anilines is 1. The second-order valence-corrected chi connectivity index (χ2v) is 6.48. The summed E-state index contributed by atoms with van der Waals surface area (Å²) in [5.74, 6) is 5.01. The Bertz CT molecular complexity index is 596. The molecule has 21 heavy (non-hydrogen) atoms. The van der Waals surface area contributed by atoms with Gasteiger partial charge in [0.15, 0.2) is 0 Å². The highest BCUT2D eigenvalue weighted by Gasteiger charge is 2.65. The van der Waals surface area contributed by atoms with Gasteiger partial charge in [0.1, 0.15) is 5.69 Å². The van der Waals surface area contributed by atoms with Crippen LogP contribution in [0.4, 0.5) is 11.4 Å². The number of amides is 1. The van der Waals surface area contributed by atoms with Crippen molar-refractivity contribution in [3.05, 3.63) is 33.9 Å². The number of benzene rings is 1. The number of nitro groups is 1. The lowest BCUT2D eigenvalue weighted by Crippen LogP contribution is -2.29. The first-order valence-corrected chi connectivity index (χ1v) is 6.69. The Balaban J connectivity index is 2.20. The van der Waals surface area contributed by atoms with Crippen molar-refractivity contribution >= 4 is 17.3 Å². The van der Waals surface area contributed by atoms with Gasteiger partial charge in [-0.3, -0.25) is 20.8 Å². The molecule has 4 N–H and O–H groups in total. The lowest BCUT2D eigenvalue weighted by molar-refractivity contribution is -0.384. The number of nitrogens with two attached hydrogens (primary N) is 1. The van der Waals surface area contributed by atoms with Crippen molar-refractivity contribution < 1.29 is 9.72 Å². The maximum atomic E-state index is 12.3. The van der Waals surface area contributed by atoms with Crippen LogP contribution in [-0.4, -0.2) is 16.9 Å². The minimum Gasteiger partial charge on any atom is -0.348 e. The summed E-state index contributed by atoms with van der Waals surface area (Å²) < 4.78 is 0. The van der Waals surface area contributed by atoms with Gasteiger partial charge in [-0.25, -0.2) is 0 Å². The molecule has 0 unspecified atom stereocenters. The molecule has 0 saturated heterocycles. The number of hydrogen-bond donors (Lipinski definition) is 3. The van der Waals surface area contributed by atoms with Gasteiger partial charge in [0, 0.05) is 17.7 Å². The van der Waals surface area contributed by atoms with Crippen LogP contribution in [0.3, 0.4) is 0 Å². The number of carbonyl (C=O) groups is 1. The second-order valence-electron chi connectivity index (χ2n) is 6.48. The summed E-state index contributed by atoms with van der Waals surface area (Å²) >= 11 is 0. The first-order chi connectivity index (χ1) is 9.62. The molecule has 1 aromatic carbocycles. The third-order valence-corrected chi connectivity index (χ3v) is 4.91. The van der Waals surface area contributed by atoms with Crippen molar-refractivity contribution in [3.63, 3.8) is 0 Å². The molecule has 0 heterocycles. The molecule has 2 rings (SSSR count). The quantitative estimate of drug-likeness (QED) is 0.447. The van der Waals surface area contributed by atoms with Crippen LogP contribution < -0.4 is 16.6 Å². The van der Waals surface area contributed by atoms with Crippen molar-refractivity contribution in [2.24, 2.45) is 16.7 Å². The fourth-order valence-electron chi connectivity index (χ4n) is 2.72. The highest BCUT2D eigenvalue weighted by atomic mass is 16.6. The zero-order valence-corrected chi connectivity index (χ0v) is 12.6. The third-order valence-electron chi connectivity index (χ3n) is 4.91. The highest BCUT2D eigenvalue weighted by Crippen LogP contribution is 2.62. The van der Waals surface area contributed by atoms with Crippen molar-refractivity contribution in [2.75, 3.05) is 5.43 Å². The monoisotopic (exact) mass is 292 g/mol. The topological polar surface area (TPSA) is 110 Å². The van der Waals surface area contributed by atoms with Gasteiger partial charge in [-0.15, -0.1) is 0 Å². The molecule has 0 spiro atoms. The minimum atomic E-state index is -0.552. The molecular weight excluding hydrogens is 272 g/mol. The predicted octanol–water partition coefficient (Wildman–Crippen LogP) is 2.04. The molecule has 0 aliphatic heterocycles. The zero-order valence-electron chi connectivity index (χ0n) is 12.6. The summed E-state index contributed by atoms with van der Waals surface area (Å²) in [4.78, 5) is 22.5. The average molecular weight is 292 g/mol. The average Bonchev–Trinajstić information content (AvgIpc) is 2.80. The lowest BCUT2D eigenvalue weighted by Gasteiger charge is -2.08. The normalized spacial score (nSPS) is 18.9. The molecular formula is C14H20N4O3. The number of carbonyl (C=O) groups excluding carboxylic acids is 1. The molecule has 114 valence electrons. The van der Waals surface area contributed by atoms with E-state index in [1.165, 1.54) is 18.2 Å². The van der Waals surface area contributed by atoms with Crippen molar-refractivity contribution in [3.8, 4) is 0 Å². The van der Waals surface area contributed by atoms with E-state index in [1.54, 1.807) is 0 Å². The van der Waals surface area contributed by atoms with Crippen LogP contribution >= 0.6 is 0 Å². The van der Waals surface area contributed by atoms with Gasteiger partial charge >= 0.3 is 0 Å². The Kier molecular flexibility index (Phi) is 3.41. The van der Waals surface area contributed by atoms with Crippen LogP contribution in [-0.2, 0) is 0 Å². The maximum Gasteiger partial charge on any atom is 0.293 e. The van der Waals surface area contributed by atoms with Gasteiger partial charge in [-0.1, -0.05) is 27.7 Å². The molecule has 1 aliphatic rings. The predicted molar refractivity (Wildman–Crippen MR) is 79.7 cm³/mol. The molecule has 0 radical (unpaired) electrons. The largest absolute Gasteiger partial charge is 0.348 e. The van der Waals surface area contributed by atoms with E-state index in [2.05, 4.69) is 38.4 Å². The van der Waals surface area contributed by atoms with E-state index in [0.29, 0.717) is 5.56 Å². The molecule has 7 nitrogen and oxygen atoms in total. The number of nitro benzene ring substituents is 1. The van der Waals surface area contributed by atoms with E-state index >= 15 is 0 Å². The Morgan fingerprint density at radius 1 is 1.29 bits per heavy atom. The van der Waals surface area contributed by atoms with E-state index in [4.69, 9.17) is 5.84 Å². The van der Waals surface area contributed by atoms with Crippen LogP contribution in [0.25, 0.3) is 0 Å². The summed E-state index contributed by atoms with van der Waals surface area (Å²) in [6.07, 6.45) is 0. The Morgan fingerprint density at radius 3 is 2.29 bits per heavy atom. The van der Waals surface area contributed by atoms with E-state index < -0.39 is 4.92 Å². The number of hydrazine groups is 1. The standard InChI is InChI=1S/C14H20N4O3/c1-13(2)12(14(13,3)4)16-11(19)8-5-6-10(18(20)21)9(7-8)17-15/h5-7,12,17H,15H2,1-4H3,(H,16,19). The molecule has 7 heteroatoms. The second kappa shape index (κ2) is 4.70. The van der Waals surface area contributed by atoms with Crippen molar-refractivity contribution in [1.82, 2.24) is 5.32 Å². The van der Waals surface area contributed by atoms with Crippen LogP contribution in [0.5, 0.6) is 0 Å². The summed E-state index contributed by atoms with van der Waals surface area (Å²) in [7, 11) is 0. The molecule has 0 bridgehead atoms. The lowest BCUT2D eigenvalue weighted by atomic mass is 10.0. The van der Waals surface area contributed by atoms with Gasteiger partial charge in [-0.2, -0.15) is 0 Å². The van der Waals surface area contributed by atoms with E-state index in [1.807, 2.05) is 0 Å². The fourth-order valence-corrected chi connectivity index (χ4v) is 2.72. The van der Waals surface area contributed by atoms with Crippen LogP contribution in [0.15, 0.2) is 18.2 Å². The summed E-state index contributed by atoms with van der Waals surface area (Å²) in [6.45, 7) is 8.39. The van der Waals surface area contributed by atoms with E-state index in [0.717, 1.165) is 0 Å². The minimum absolute atomic E-state index is 0.0262. The van der Waals surface area contributed by atoms with Crippen LogP contribution in [0, 0.1) is 20.9 Å². The number of hydrogen-bond acceptors (Lipinski definition) is 5. The van der Waals surface area contributed by atoms with E-state index in [-0.39, 0.29) is 34.2 Å². The number of rotatable bonds is 4. The number of nitrogens with zero attached hydrogens (tertiary/aromatic N) is 1. The van der Waals surface area contributed by atoms with Gasteiger partial charge in [0.05, 0.1) is 4.92 Å². The zero-order chi connectivity index (χ0) is 16.0. The maximum absolute atomic E-state index is 12.3. The van der Waals surface area contributed by atoms with Crippen LogP contribution in [0.1, 0.15) is 38.1 Å². The molecule has 1 fully saturated rings. The molecule has 1 aromatic rings. The molecule has 0 aromatic heterocycles. The third kappa shape index (κ3) is 2.33. The smallest absolute Gasteiger partial charge is 0.293 e. The molecule has 0 atom stereocenters. The highest BCUT2D eigenvalue weighted by molar-refractivity contribution is 5.96. The fraction of sp³-hybridized carbons (Fsp3) is 0.500. The number of nitrogen functional groups attached to an aromatic ring is 1. The van der Waals surface area contributed by atoms with Gasteiger partial charge in [0.25, 0.3) is 11.6 Å². The van der Waals surface area contributed by atoms with Crippen molar-refractivity contribution in [1.29, 1.82) is 0 Å². The molecule has 1 saturated carbocycles. The van der Waals surface area contributed by atoms with Gasteiger partial charge < -0.3 is 10.7 Å². The van der Waals surface area contributed by atoms with Crippen LogP contribution in [0.2, 0.25) is 0 Å². The number of nitrogens with one attached hydrogen (secondary N) is 2. The molecule has 1 amide bonds. The summed E-state index contributed by atoms with van der Waals surface area (Å²) in [5, 5.41) is 13.8. The Hall–Kier alpha value is -2.15. The SMILES string of the molecule is CC1(C)C(NC(=O)c2ccc([N+](=O)[O-])c(NN)c2)C1(C)C.